The molecule has 0 aromatic heterocycles. The van der Waals surface area contributed by atoms with Crippen LogP contribution in [0.4, 0.5) is 0 Å². The fraction of sp³-hybridized carbons (Fsp3) is 0.364. The molecule has 2 unspecified atom stereocenters. The molecule has 136 valence electrons. The van der Waals surface area contributed by atoms with Gasteiger partial charge in [-0.1, -0.05) is 75.2 Å². The summed E-state index contributed by atoms with van der Waals surface area (Å²) in [5, 5.41) is 0. The molecule has 26 heavy (non-hydrogen) atoms. The molecule has 0 saturated carbocycles. The lowest BCUT2D eigenvalue weighted by Crippen LogP contribution is -2.35. The van der Waals surface area contributed by atoms with Crippen LogP contribution in [-0.2, 0) is 31.9 Å². The molecule has 2 atom stereocenters. The first-order valence-corrected chi connectivity index (χ1v) is 9.22. The van der Waals surface area contributed by atoms with Crippen molar-refractivity contribution in [2.45, 2.75) is 51.7 Å². The summed E-state index contributed by atoms with van der Waals surface area (Å²) >= 11 is 0. The van der Waals surface area contributed by atoms with Crippen molar-refractivity contribution in [1.29, 1.82) is 0 Å². The molecule has 0 aliphatic carbocycles. The van der Waals surface area contributed by atoms with Crippen LogP contribution in [0.2, 0.25) is 0 Å². The van der Waals surface area contributed by atoms with Crippen LogP contribution in [0.25, 0.3) is 0 Å². The number of carbonyl (C=O) groups excluding carboxylic acids is 2. The third-order valence-electron chi connectivity index (χ3n) is 4.61. The number of aryl methyl sites for hydroxylation is 2. The molecule has 4 heteroatoms. The molecule has 0 N–H and O–H groups in total. The molecule has 0 radical (unpaired) electrons. The summed E-state index contributed by atoms with van der Waals surface area (Å²) in [6.45, 7) is 4.14. The first-order chi connectivity index (χ1) is 12.7. The van der Waals surface area contributed by atoms with E-state index in [1.807, 2.05) is 48.5 Å². The Bertz CT molecular complexity index is 729. The van der Waals surface area contributed by atoms with Crippen molar-refractivity contribution in [2.24, 2.45) is 0 Å². The second kappa shape index (κ2) is 8.17. The standard InChI is InChI=1S/C22H24O4/c1-3-9-15-11-5-7-13-17(15)19-21(23)26-20(22(24)25-19)18-14-8-6-12-16(18)10-4-2/h5-8,11-14,19-20H,3-4,9-10H2,1-2H3. The third kappa shape index (κ3) is 3.64. The number of carbonyl (C=O) groups is 2. The quantitative estimate of drug-likeness (QED) is 0.720. The molecule has 1 fully saturated rings. The van der Waals surface area contributed by atoms with Gasteiger partial charge in [-0.15, -0.1) is 0 Å². The second-order valence-corrected chi connectivity index (χ2v) is 6.53. The smallest absolute Gasteiger partial charge is 0.353 e. The molecular formula is C22H24O4. The van der Waals surface area contributed by atoms with E-state index in [1.54, 1.807) is 0 Å². The molecule has 2 aromatic carbocycles. The number of esters is 2. The Morgan fingerprint density at radius 1 is 0.692 bits per heavy atom. The maximum Gasteiger partial charge on any atom is 0.353 e. The van der Waals surface area contributed by atoms with Crippen LogP contribution < -0.4 is 0 Å². The van der Waals surface area contributed by atoms with Gasteiger partial charge in [0.05, 0.1) is 0 Å². The fourth-order valence-electron chi connectivity index (χ4n) is 3.41. The highest BCUT2D eigenvalue weighted by molar-refractivity contribution is 5.89. The van der Waals surface area contributed by atoms with Gasteiger partial charge in [0.15, 0.2) is 0 Å². The van der Waals surface area contributed by atoms with Crippen LogP contribution in [0, 0.1) is 0 Å². The van der Waals surface area contributed by atoms with Crippen LogP contribution >= 0.6 is 0 Å². The molecule has 0 spiro atoms. The molecule has 2 aromatic rings. The van der Waals surface area contributed by atoms with Gasteiger partial charge >= 0.3 is 11.9 Å². The van der Waals surface area contributed by atoms with Crippen molar-refractivity contribution in [1.82, 2.24) is 0 Å². The Labute approximate surface area is 154 Å². The number of rotatable bonds is 6. The van der Waals surface area contributed by atoms with Gasteiger partial charge in [0.25, 0.3) is 0 Å². The van der Waals surface area contributed by atoms with Gasteiger partial charge in [0, 0.05) is 11.1 Å². The second-order valence-electron chi connectivity index (χ2n) is 6.53. The number of hydrogen-bond acceptors (Lipinski definition) is 4. The van der Waals surface area contributed by atoms with Gasteiger partial charge in [-0.3, -0.25) is 0 Å². The summed E-state index contributed by atoms with van der Waals surface area (Å²) in [6.07, 6.45) is 1.56. The fourth-order valence-corrected chi connectivity index (χ4v) is 3.41. The van der Waals surface area contributed by atoms with Gasteiger partial charge in [-0.25, -0.2) is 9.59 Å². The number of benzene rings is 2. The zero-order chi connectivity index (χ0) is 18.5. The Hall–Kier alpha value is -2.62. The van der Waals surface area contributed by atoms with E-state index in [2.05, 4.69) is 13.8 Å². The predicted molar refractivity (Wildman–Crippen MR) is 98.5 cm³/mol. The molecule has 3 rings (SSSR count). The Morgan fingerprint density at radius 3 is 1.46 bits per heavy atom. The average Bonchev–Trinajstić information content (AvgIpc) is 2.65. The molecule has 1 heterocycles. The SMILES string of the molecule is CCCc1ccccc1C1OC(=O)C(c2ccccc2CCC)OC1=O. The molecule has 0 bridgehead atoms. The first-order valence-electron chi connectivity index (χ1n) is 9.22. The zero-order valence-corrected chi connectivity index (χ0v) is 15.2. The molecule has 1 aliphatic heterocycles. The van der Waals surface area contributed by atoms with Gasteiger partial charge in [-0.2, -0.15) is 0 Å². The van der Waals surface area contributed by atoms with E-state index in [9.17, 15) is 9.59 Å². The van der Waals surface area contributed by atoms with Crippen LogP contribution in [0.5, 0.6) is 0 Å². The maximum absolute atomic E-state index is 12.7. The molecular weight excluding hydrogens is 328 g/mol. The Balaban J connectivity index is 1.87. The van der Waals surface area contributed by atoms with E-state index in [0.717, 1.165) is 36.8 Å². The maximum atomic E-state index is 12.7. The Kier molecular flexibility index (Phi) is 5.71. The summed E-state index contributed by atoms with van der Waals surface area (Å²) in [4.78, 5) is 25.3. The summed E-state index contributed by atoms with van der Waals surface area (Å²) in [7, 11) is 0. The van der Waals surface area contributed by atoms with Gasteiger partial charge < -0.3 is 9.47 Å². The lowest BCUT2D eigenvalue weighted by Gasteiger charge is -2.29. The predicted octanol–water partition coefficient (Wildman–Crippen LogP) is 4.47. The highest BCUT2D eigenvalue weighted by atomic mass is 16.6. The van der Waals surface area contributed by atoms with Crippen LogP contribution in [0.3, 0.4) is 0 Å². The van der Waals surface area contributed by atoms with Crippen LogP contribution in [-0.4, -0.2) is 11.9 Å². The van der Waals surface area contributed by atoms with Gasteiger partial charge in [0.1, 0.15) is 0 Å². The molecule has 4 nitrogen and oxygen atoms in total. The zero-order valence-electron chi connectivity index (χ0n) is 15.2. The van der Waals surface area contributed by atoms with Crippen LogP contribution in [0.15, 0.2) is 48.5 Å². The average molecular weight is 352 g/mol. The largest absolute Gasteiger partial charge is 0.442 e. The monoisotopic (exact) mass is 352 g/mol. The minimum absolute atomic E-state index is 0.510. The van der Waals surface area contributed by atoms with E-state index in [4.69, 9.17) is 9.47 Å². The van der Waals surface area contributed by atoms with Gasteiger partial charge in [-0.05, 0) is 24.0 Å². The van der Waals surface area contributed by atoms with Crippen molar-refractivity contribution in [3.63, 3.8) is 0 Å². The lowest BCUT2D eigenvalue weighted by atomic mass is 9.96. The van der Waals surface area contributed by atoms with Gasteiger partial charge in [0.2, 0.25) is 12.2 Å². The normalized spacial score (nSPS) is 19.8. The minimum atomic E-state index is -0.986. The number of hydrogen-bond donors (Lipinski definition) is 0. The lowest BCUT2D eigenvalue weighted by molar-refractivity contribution is -0.196. The Morgan fingerprint density at radius 2 is 1.08 bits per heavy atom. The summed E-state index contributed by atoms with van der Waals surface area (Å²) < 4.78 is 11.1. The number of ether oxygens (including phenoxy) is 2. The van der Waals surface area contributed by atoms with Crippen molar-refractivity contribution in [3.8, 4) is 0 Å². The molecule has 1 aliphatic rings. The highest BCUT2D eigenvalue weighted by Gasteiger charge is 2.41. The van der Waals surface area contributed by atoms with Crippen molar-refractivity contribution in [3.05, 3.63) is 70.8 Å². The van der Waals surface area contributed by atoms with E-state index >= 15 is 0 Å². The van der Waals surface area contributed by atoms with Crippen molar-refractivity contribution in [2.75, 3.05) is 0 Å². The van der Waals surface area contributed by atoms with E-state index in [-0.39, 0.29) is 0 Å². The molecule has 1 saturated heterocycles. The topological polar surface area (TPSA) is 52.6 Å². The highest BCUT2D eigenvalue weighted by Crippen LogP contribution is 2.35. The van der Waals surface area contributed by atoms with Crippen molar-refractivity contribution < 1.29 is 19.1 Å². The van der Waals surface area contributed by atoms with E-state index < -0.39 is 24.1 Å². The summed E-state index contributed by atoms with van der Waals surface area (Å²) in [5.74, 6) is -1.02. The minimum Gasteiger partial charge on any atom is -0.442 e. The first kappa shape index (κ1) is 18.2. The van der Waals surface area contributed by atoms with E-state index in [1.165, 1.54) is 0 Å². The van der Waals surface area contributed by atoms with Crippen LogP contribution in [0.1, 0.15) is 61.2 Å². The summed E-state index contributed by atoms with van der Waals surface area (Å²) in [6, 6.07) is 15.1. The third-order valence-corrected chi connectivity index (χ3v) is 4.61. The molecule has 0 amide bonds. The van der Waals surface area contributed by atoms with Crippen molar-refractivity contribution >= 4 is 11.9 Å². The number of cyclic esters (lactones) is 2. The summed E-state index contributed by atoms with van der Waals surface area (Å²) in [5.41, 5.74) is 3.45. The van der Waals surface area contributed by atoms with E-state index in [0.29, 0.717) is 11.1 Å².